The predicted octanol–water partition coefficient (Wildman–Crippen LogP) is 2.86. The lowest BCUT2D eigenvalue weighted by molar-refractivity contribution is -0.131. The van der Waals surface area contributed by atoms with E-state index in [9.17, 15) is 4.79 Å². The van der Waals surface area contributed by atoms with Gasteiger partial charge in [0, 0.05) is 31.9 Å². The van der Waals surface area contributed by atoms with Gasteiger partial charge in [-0.3, -0.25) is 9.78 Å². The average molecular weight is 377 g/mol. The average Bonchev–Trinajstić information content (AvgIpc) is 3.18. The van der Waals surface area contributed by atoms with Gasteiger partial charge in [-0.2, -0.15) is 4.98 Å². The minimum atomic E-state index is 0.201. The summed E-state index contributed by atoms with van der Waals surface area (Å²) in [5.41, 5.74) is 2.87. The van der Waals surface area contributed by atoms with Crippen molar-refractivity contribution in [2.24, 2.45) is 5.92 Å². The second kappa shape index (κ2) is 8.29. The number of hydrogen-bond donors (Lipinski definition) is 0. The molecule has 7 heteroatoms. The number of aromatic nitrogens is 4. The third-order valence-electron chi connectivity index (χ3n) is 5.13. The minimum Gasteiger partial charge on any atom is -0.342 e. The summed E-state index contributed by atoms with van der Waals surface area (Å²) in [5.74, 6) is 1.73. The van der Waals surface area contributed by atoms with Gasteiger partial charge in [-0.25, -0.2) is 4.98 Å². The summed E-state index contributed by atoms with van der Waals surface area (Å²) in [4.78, 5) is 27.2. The number of rotatable bonds is 5. The monoisotopic (exact) mass is 377 g/mol. The van der Waals surface area contributed by atoms with E-state index in [0.717, 1.165) is 37.9 Å². The lowest BCUT2D eigenvalue weighted by atomic mass is 9.93. The third kappa shape index (κ3) is 4.42. The van der Waals surface area contributed by atoms with E-state index in [1.807, 2.05) is 30.0 Å². The molecule has 1 amide bonds. The third-order valence-corrected chi connectivity index (χ3v) is 5.13. The number of carbonyl (C=O) groups excluding carboxylic acids is 1. The summed E-state index contributed by atoms with van der Waals surface area (Å²) >= 11 is 0. The second-order valence-electron chi connectivity index (χ2n) is 7.30. The summed E-state index contributed by atoms with van der Waals surface area (Å²) in [6, 6.07) is 8.15. The van der Waals surface area contributed by atoms with Crippen molar-refractivity contribution < 1.29 is 9.32 Å². The summed E-state index contributed by atoms with van der Waals surface area (Å²) in [6.45, 7) is 3.60. The zero-order valence-electron chi connectivity index (χ0n) is 15.9. The van der Waals surface area contributed by atoms with Crippen molar-refractivity contribution in [1.82, 2.24) is 25.0 Å². The highest BCUT2D eigenvalue weighted by Crippen LogP contribution is 2.23. The Hall–Kier alpha value is -3.09. The molecular formula is C21H23N5O2. The van der Waals surface area contributed by atoms with Crippen LogP contribution >= 0.6 is 0 Å². The van der Waals surface area contributed by atoms with Gasteiger partial charge in [-0.15, -0.1) is 0 Å². The number of piperidine rings is 1. The summed E-state index contributed by atoms with van der Waals surface area (Å²) in [6.07, 6.45) is 7.93. The Bertz CT molecular complexity index is 933. The fourth-order valence-electron chi connectivity index (χ4n) is 3.60. The summed E-state index contributed by atoms with van der Waals surface area (Å²) in [5, 5.41) is 4.00. The van der Waals surface area contributed by atoms with E-state index in [2.05, 4.69) is 26.2 Å². The molecule has 0 spiro atoms. The maximum absolute atomic E-state index is 12.6. The number of benzene rings is 1. The molecule has 2 aromatic heterocycles. The molecule has 0 aliphatic carbocycles. The molecule has 0 radical (unpaired) electrons. The standard InChI is InChI=1S/C21H23N5O2/c1-15-3-2-4-17(11-15)13-20(27)26-9-5-16(6-10-26)12-19-24-21(25-28-19)18-14-22-7-8-23-18/h2-4,7-8,11,14,16H,5-6,9-10,12-13H2,1H3. The zero-order valence-corrected chi connectivity index (χ0v) is 15.9. The van der Waals surface area contributed by atoms with Crippen molar-refractivity contribution in [3.05, 3.63) is 59.9 Å². The number of hydrogen-bond acceptors (Lipinski definition) is 6. The molecule has 1 aliphatic heterocycles. The van der Waals surface area contributed by atoms with Crippen LogP contribution in [0, 0.1) is 12.8 Å². The summed E-state index contributed by atoms with van der Waals surface area (Å²) < 4.78 is 5.38. The molecule has 144 valence electrons. The Labute approximate surface area is 163 Å². The van der Waals surface area contributed by atoms with E-state index in [4.69, 9.17) is 4.52 Å². The summed E-state index contributed by atoms with van der Waals surface area (Å²) in [7, 11) is 0. The molecule has 0 bridgehead atoms. The number of likely N-dealkylation sites (tertiary alicyclic amines) is 1. The first-order valence-corrected chi connectivity index (χ1v) is 9.59. The molecular weight excluding hydrogens is 354 g/mol. The maximum Gasteiger partial charge on any atom is 0.227 e. The van der Waals surface area contributed by atoms with Crippen LogP contribution in [0.25, 0.3) is 11.5 Å². The predicted molar refractivity (Wildman–Crippen MR) is 103 cm³/mol. The van der Waals surface area contributed by atoms with Gasteiger partial charge in [0.15, 0.2) is 0 Å². The van der Waals surface area contributed by atoms with Crippen LogP contribution in [0.1, 0.15) is 29.9 Å². The first kappa shape index (κ1) is 18.3. The van der Waals surface area contributed by atoms with Gasteiger partial charge in [-0.1, -0.05) is 35.0 Å². The quantitative estimate of drug-likeness (QED) is 0.680. The maximum atomic E-state index is 12.6. The topological polar surface area (TPSA) is 85.0 Å². The fourth-order valence-corrected chi connectivity index (χ4v) is 3.60. The van der Waals surface area contributed by atoms with Crippen LogP contribution in [0.3, 0.4) is 0 Å². The van der Waals surface area contributed by atoms with Gasteiger partial charge < -0.3 is 9.42 Å². The zero-order chi connectivity index (χ0) is 19.3. The molecule has 4 rings (SSSR count). The Kier molecular flexibility index (Phi) is 5.41. The Morgan fingerprint density at radius 3 is 2.86 bits per heavy atom. The van der Waals surface area contributed by atoms with Gasteiger partial charge in [-0.05, 0) is 31.2 Å². The SMILES string of the molecule is Cc1cccc(CC(=O)N2CCC(Cc3nc(-c4cnccn4)no3)CC2)c1. The first-order chi connectivity index (χ1) is 13.7. The van der Waals surface area contributed by atoms with E-state index in [0.29, 0.717) is 29.7 Å². The molecule has 0 unspecified atom stereocenters. The van der Waals surface area contributed by atoms with Gasteiger partial charge >= 0.3 is 0 Å². The largest absolute Gasteiger partial charge is 0.342 e. The van der Waals surface area contributed by atoms with Crippen LogP contribution in [0.2, 0.25) is 0 Å². The van der Waals surface area contributed by atoms with Crippen molar-refractivity contribution in [3.63, 3.8) is 0 Å². The smallest absolute Gasteiger partial charge is 0.227 e. The van der Waals surface area contributed by atoms with Crippen molar-refractivity contribution in [2.45, 2.75) is 32.6 Å². The van der Waals surface area contributed by atoms with Crippen molar-refractivity contribution in [2.75, 3.05) is 13.1 Å². The molecule has 0 atom stereocenters. The number of amides is 1. The first-order valence-electron chi connectivity index (χ1n) is 9.59. The van der Waals surface area contributed by atoms with Crippen LogP contribution in [0.15, 0.2) is 47.4 Å². The molecule has 0 N–H and O–H groups in total. The number of nitrogens with zero attached hydrogens (tertiary/aromatic N) is 5. The van der Waals surface area contributed by atoms with Gasteiger partial charge in [0.1, 0.15) is 5.69 Å². The molecule has 1 aliphatic rings. The van der Waals surface area contributed by atoms with Crippen LogP contribution in [0.4, 0.5) is 0 Å². The minimum absolute atomic E-state index is 0.201. The molecule has 28 heavy (non-hydrogen) atoms. The highest BCUT2D eigenvalue weighted by atomic mass is 16.5. The van der Waals surface area contributed by atoms with Crippen LogP contribution in [0.5, 0.6) is 0 Å². The number of carbonyl (C=O) groups is 1. The van der Waals surface area contributed by atoms with E-state index in [1.54, 1.807) is 18.6 Å². The lowest BCUT2D eigenvalue weighted by Gasteiger charge is -2.31. The molecule has 0 saturated carbocycles. The van der Waals surface area contributed by atoms with Crippen LogP contribution in [-0.2, 0) is 17.6 Å². The normalized spacial score (nSPS) is 15.0. The van der Waals surface area contributed by atoms with Crippen LogP contribution in [-0.4, -0.2) is 44.0 Å². The molecule has 1 aromatic carbocycles. The fraction of sp³-hybridized carbons (Fsp3) is 0.381. The van der Waals surface area contributed by atoms with Crippen molar-refractivity contribution in [1.29, 1.82) is 0 Å². The molecule has 1 fully saturated rings. The highest BCUT2D eigenvalue weighted by Gasteiger charge is 2.24. The highest BCUT2D eigenvalue weighted by molar-refractivity contribution is 5.78. The van der Waals surface area contributed by atoms with E-state index >= 15 is 0 Å². The van der Waals surface area contributed by atoms with E-state index < -0.39 is 0 Å². The lowest BCUT2D eigenvalue weighted by Crippen LogP contribution is -2.39. The van der Waals surface area contributed by atoms with E-state index in [-0.39, 0.29) is 5.91 Å². The van der Waals surface area contributed by atoms with Gasteiger partial charge in [0.05, 0.1) is 12.6 Å². The number of aryl methyl sites for hydroxylation is 1. The van der Waals surface area contributed by atoms with Gasteiger partial charge in [0.2, 0.25) is 17.6 Å². The molecule has 3 heterocycles. The molecule has 3 aromatic rings. The molecule has 1 saturated heterocycles. The Morgan fingerprint density at radius 1 is 1.25 bits per heavy atom. The van der Waals surface area contributed by atoms with E-state index in [1.165, 1.54) is 5.56 Å². The Balaban J connectivity index is 1.28. The van der Waals surface area contributed by atoms with Crippen molar-refractivity contribution >= 4 is 5.91 Å². The van der Waals surface area contributed by atoms with Crippen molar-refractivity contribution in [3.8, 4) is 11.5 Å². The Morgan fingerprint density at radius 2 is 2.11 bits per heavy atom. The second-order valence-corrected chi connectivity index (χ2v) is 7.30. The van der Waals surface area contributed by atoms with Crippen LogP contribution < -0.4 is 0 Å². The molecule has 7 nitrogen and oxygen atoms in total. The van der Waals surface area contributed by atoms with Gasteiger partial charge in [0.25, 0.3) is 0 Å².